The third-order valence-electron chi connectivity index (χ3n) is 3.18. The van der Waals surface area contributed by atoms with Crippen LogP contribution in [0.5, 0.6) is 0 Å². The highest BCUT2D eigenvalue weighted by Crippen LogP contribution is 2.14. The van der Waals surface area contributed by atoms with E-state index in [1.165, 1.54) is 29.8 Å². The molecule has 3 nitrogen and oxygen atoms in total. The van der Waals surface area contributed by atoms with Crippen LogP contribution in [-0.2, 0) is 13.0 Å². The van der Waals surface area contributed by atoms with Gasteiger partial charge in [-0.1, -0.05) is 27.2 Å². The van der Waals surface area contributed by atoms with Crippen LogP contribution in [0.3, 0.4) is 0 Å². The van der Waals surface area contributed by atoms with E-state index < -0.39 is 0 Å². The Bertz CT molecular complexity index is 339. The Morgan fingerprint density at radius 3 is 2.59 bits per heavy atom. The van der Waals surface area contributed by atoms with Crippen molar-refractivity contribution in [3.63, 3.8) is 0 Å². The molecule has 0 atom stereocenters. The van der Waals surface area contributed by atoms with Crippen LogP contribution in [0.15, 0.2) is 0 Å². The van der Waals surface area contributed by atoms with E-state index >= 15 is 0 Å². The first-order valence-corrected chi connectivity index (χ1v) is 6.82. The van der Waals surface area contributed by atoms with Gasteiger partial charge in [-0.2, -0.15) is 5.10 Å². The molecule has 1 heterocycles. The quantitative estimate of drug-likeness (QED) is 0.790. The average Bonchev–Trinajstić information content (AvgIpc) is 2.53. The van der Waals surface area contributed by atoms with Crippen LogP contribution >= 0.6 is 0 Å². The lowest BCUT2D eigenvalue weighted by atomic mass is 10.1. The minimum absolute atomic E-state index is 0.561. The van der Waals surface area contributed by atoms with Crippen molar-refractivity contribution in [2.24, 2.45) is 0 Å². The SMILES string of the molecule is CCCCn1nc(C)c(CCNC(C)C)c1C. The lowest BCUT2D eigenvalue weighted by molar-refractivity contribution is 0.554. The van der Waals surface area contributed by atoms with Crippen LogP contribution < -0.4 is 5.32 Å². The highest BCUT2D eigenvalue weighted by atomic mass is 15.3. The predicted octanol–water partition coefficient (Wildman–Crippen LogP) is 2.84. The van der Waals surface area contributed by atoms with E-state index in [0.29, 0.717) is 6.04 Å². The van der Waals surface area contributed by atoms with Crippen molar-refractivity contribution in [1.29, 1.82) is 0 Å². The molecule has 0 aromatic carbocycles. The number of unbranched alkanes of at least 4 members (excludes halogenated alkanes) is 1. The van der Waals surface area contributed by atoms with Gasteiger partial charge in [0.15, 0.2) is 0 Å². The van der Waals surface area contributed by atoms with Gasteiger partial charge >= 0.3 is 0 Å². The zero-order chi connectivity index (χ0) is 12.8. The molecule has 0 fully saturated rings. The van der Waals surface area contributed by atoms with E-state index in [1.54, 1.807) is 0 Å². The highest BCUT2D eigenvalue weighted by Gasteiger charge is 2.10. The van der Waals surface area contributed by atoms with Crippen molar-refractivity contribution in [2.75, 3.05) is 6.54 Å². The van der Waals surface area contributed by atoms with Crippen molar-refractivity contribution in [3.8, 4) is 0 Å². The van der Waals surface area contributed by atoms with Gasteiger partial charge in [-0.25, -0.2) is 0 Å². The normalized spacial score (nSPS) is 11.4. The van der Waals surface area contributed by atoms with Crippen LogP contribution in [0, 0.1) is 13.8 Å². The Balaban J connectivity index is 2.62. The van der Waals surface area contributed by atoms with Gasteiger partial charge in [0.1, 0.15) is 0 Å². The van der Waals surface area contributed by atoms with Gasteiger partial charge in [0.2, 0.25) is 0 Å². The predicted molar refractivity (Wildman–Crippen MR) is 73.5 cm³/mol. The molecular formula is C14H27N3. The van der Waals surface area contributed by atoms with E-state index in [0.717, 1.165) is 19.5 Å². The number of aromatic nitrogens is 2. The largest absolute Gasteiger partial charge is 0.314 e. The van der Waals surface area contributed by atoms with E-state index in [4.69, 9.17) is 0 Å². The van der Waals surface area contributed by atoms with Crippen molar-refractivity contribution in [2.45, 2.75) is 66.5 Å². The Morgan fingerprint density at radius 1 is 1.29 bits per heavy atom. The molecular weight excluding hydrogens is 210 g/mol. The molecule has 1 N–H and O–H groups in total. The smallest absolute Gasteiger partial charge is 0.0628 e. The molecule has 3 heteroatoms. The molecule has 0 radical (unpaired) electrons. The average molecular weight is 237 g/mol. The first-order valence-electron chi connectivity index (χ1n) is 6.82. The number of nitrogens with zero attached hydrogens (tertiary/aromatic N) is 2. The van der Waals surface area contributed by atoms with E-state index in [-0.39, 0.29) is 0 Å². The van der Waals surface area contributed by atoms with Crippen molar-refractivity contribution in [1.82, 2.24) is 15.1 Å². The van der Waals surface area contributed by atoms with Crippen molar-refractivity contribution >= 4 is 0 Å². The maximum atomic E-state index is 4.63. The first-order chi connectivity index (χ1) is 8.06. The number of hydrogen-bond acceptors (Lipinski definition) is 2. The second-order valence-corrected chi connectivity index (χ2v) is 5.08. The summed E-state index contributed by atoms with van der Waals surface area (Å²) in [7, 11) is 0. The molecule has 0 aliphatic heterocycles. The summed E-state index contributed by atoms with van der Waals surface area (Å²) in [5.41, 5.74) is 3.97. The van der Waals surface area contributed by atoms with Crippen LogP contribution in [0.2, 0.25) is 0 Å². The first kappa shape index (κ1) is 14.2. The monoisotopic (exact) mass is 237 g/mol. The summed E-state index contributed by atoms with van der Waals surface area (Å²) in [5.74, 6) is 0. The molecule has 1 rings (SSSR count). The summed E-state index contributed by atoms with van der Waals surface area (Å²) in [6.45, 7) is 13.0. The minimum Gasteiger partial charge on any atom is -0.314 e. The molecule has 0 saturated carbocycles. The molecule has 1 aromatic rings. The van der Waals surface area contributed by atoms with E-state index in [2.05, 4.69) is 49.7 Å². The van der Waals surface area contributed by atoms with Crippen LogP contribution in [0.25, 0.3) is 0 Å². The van der Waals surface area contributed by atoms with Gasteiger partial charge in [-0.15, -0.1) is 0 Å². The summed E-state index contributed by atoms with van der Waals surface area (Å²) >= 11 is 0. The third kappa shape index (κ3) is 4.15. The molecule has 0 amide bonds. The molecule has 0 unspecified atom stereocenters. The maximum absolute atomic E-state index is 4.63. The summed E-state index contributed by atoms with van der Waals surface area (Å²) in [4.78, 5) is 0. The van der Waals surface area contributed by atoms with E-state index in [9.17, 15) is 0 Å². The van der Waals surface area contributed by atoms with Crippen molar-refractivity contribution in [3.05, 3.63) is 17.0 Å². The zero-order valence-electron chi connectivity index (χ0n) is 12.0. The summed E-state index contributed by atoms with van der Waals surface area (Å²) in [6.07, 6.45) is 3.52. The lowest BCUT2D eigenvalue weighted by Crippen LogP contribution is -2.25. The van der Waals surface area contributed by atoms with Crippen molar-refractivity contribution < 1.29 is 0 Å². The number of aryl methyl sites for hydroxylation is 2. The van der Waals surface area contributed by atoms with Gasteiger partial charge in [-0.3, -0.25) is 4.68 Å². The topological polar surface area (TPSA) is 29.9 Å². The standard InChI is InChI=1S/C14H27N3/c1-6-7-10-17-13(5)14(12(4)16-17)8-9-15-11(2)3/h11,15H,6-10H2,1-5H3. The lowest BCUT2D eigenvalue weighted by Gasteiger charge is -2.08. The summed E-state index contributed by atoms with van der Waals surface area (Å²) in [5, 5.41) is 8.10. The van der Waals surface area contributed by atoms with Crippen LogP contribution in [0.1, 0.15) is 50.6 Å². The Morgan fingerprint density at radius 2 is 2.00 bits per heavy atom. The fraction of sp³-hybridized carbons (Fsp3) is 0.786. The second-order valence-electron chi connectivity index (χ2n) is 5.08. The molecule has 98 valence electrons. The van der Waals surface area contributed by atoms with Gasteiger partial charge in [0, 0.05) is 18.3 Å². The number of hydrogen-bond donors (Lipinski definition) is 1. The molecule has 17 heavy (non-hydrogen) atoms. The summed E-state index contributed by atoms with van der Waals surface area (Å²) < 4.78 is 2.17. The van der Waals surface area contributed by atoms with Crippen LogP contribution in [-0.4, -0.2) is 22.4 Å². The summed E-state index contributed by atoms with van der Waals surface area (Å²) in [6, 6.07) is 0.561. The molecule has 0 bridgehead atoms. The fourth-order valence-electron chi connectivity index (χ4n) is 2.11. The van der Waals surface area contributed by atoms with Gasteiger partial charge < -0.3 is 5.32 Å². The highest BCUT2D eigenvalue weighted by molar-refractivity contribution is 5.24. The zero-order valence-corrected chi connectivity index (χ0v) is 12.0. The molecule has 0 saturated heterocycles. The molecule has 1 aromatic heterocycles. The van der Waals surface area contributed by atoms with Gasteiger partial charge in [0.05, 0.1) is 5.69 Å². The number of nitrogens with one attached hydrogen (secondary N) is 1. The maximum Gasteiger partial charge on any atom is 0.0628 e. The second kappa shape index (κ2) is 6.80. The molecule has 0 aliphatic carbocycles. The Labute approximate surface area is 106 Å². The van der Waals surface area contributed by atoms with Gasteiger partial charge in [-0.05, 0) is 38.8 Å². The minimum atomic E-state index is 0.561. The Kier molecular flexibility index (Phi) is 5.69. The third-order valence-corrected chi connectivity index (χ3v) is 3.18. The molecule has 0 aliphatic rings. The van der Waals surface area contributed by atoms with E-state index in [1.807, 2.05) is 0 Å². The number of rotatable bonds is 7. The molecule has 0 spiro atoms. The van der Waals surface area contributed by atoms with Crippen LogP contribution in [0.4, 0.5) is 0 Å². The Hall–Kier alpha value is -0.830. The fourth-order valence-corrected chi connectivity index (χ4v) is 2.11. The van der Waals surface area contributed by atoms with Gasteiger partial charge in [0.25, 0.3) is 0 Å².